The standard InChI is InChI=1S/C21H28ClN5O3/c1-25-21(29)27(16-5-3-4-6-16)19(24-25)14-9-11-26(12-10-14)20(28)23-17-13-15(22)7-8-18(17)30-2/h7-8,13-14,16H,3-6,9-12H2,1-2H3,(H,23,28). The van der Waals surface area contributed by atoms with E-state index in [9.17, 15) is 9.59 Å². The van der Waals surface area contributed by atoms with E-state index in [2.05, 4.69) is 10.4 Å². The summed E-state index contributed by atoms with van der Waals surface area (Å²) in [6, 6.07) is 5.21. The van der Waals surface area contributed by atoms with Crippen LogP contribution in [0.3, 0.4) is 0 Å². The van der Waals surface area contributed by atoms with Crippen LogP contribution in [-0.4, -0.2) is 45.5 Å². The van der Waals surface area contributed by atoms with Crippen LogP contribution in [0.2, 0.25) is 5.02 Å². The van der Waals surface area contributed by atoms with Gasteiger partial charge in [0.15, 0.2) is 0 Å². The molecule has 0 radical (unpaired) electrons. The minimum absolute atomic E-state index is 0.0230. The van der Waals surface area contributed by atoms with E-state index >= 15 is 0 Å². The van der Waals surface area contributed by atoms with Gasteiger partial charge >= 0.3 is 11.7 Å². The largest absolute Gasteiger partial charge is 0.495 e. The Balaban J connectivity index is 1.43. The number of hydrogen-bond acceptors (Lipinski definition) is 4. The maximum atomic E-state index is 12.8. The van der Waals surface area contributed by atoms with Gasteiger partial charge in [0, 0.05) is 37.1 Å². The van der Waals surface area contributed by atoms with E-state index in [0.29, 0.717) is 29.5 Å². The zero-order valence-electron chi connectivity index (χ0n) is 17.4. The van der Waals surface area contributed by atoms with Crippen LogP contribution in [0.25, 0.3) is 0 Å². The Kier molecular flexibility index (Phi) is 6.04. The third-order valence-corrected chi connectivity index (χ3v) is 6.46. The fourth-order valence-electron chi connectivity index (χ4n) is 4.60. The van der Waals surface area contributed by atoms with Crippen molar-refractivity contribution in [1.29, 1.82) is 0 Å². The predicted octanol–water partition coefficient (Wildman–Crippen LogP) is 3.77. The van der Waals surface area contributed by atoms with Crippen molar-refractivity contribution >= 4 is 23.3 Å². The number of halogens is 1. The fraction of sp³-hybridized carbons (Fsp3) is 0.571. The summed E-state index contributed by atoms with van der Waals surface area (Å²) in [5, 5.41) is 8.00. The number of piperidine rings is 1. The molecule has 0 unspecified atom stereocenters. The van der Waals surface area contributed by atoms with E-state index in [1.165, 1.54) is 4.68 Å². The van der Waals surface area contributed by atoms with E-state index in [4.69, 9.17) is 16.3 Å². The number of ether oxygens (including phenoxy) is 1. The highest BCUT2D eigenvalue weighted by atomic mass is 35.5. The molecule has 9 heteroatoms. The first-order valence-electron chi connectivity index (χ1n) is 10.5. The van der Waals surface area contributed by atoms with Gasteiger partial charge in [-0.05, 0) is 43.9 Å². The summed E-state index contributed by atoms with van der Waals surface area (Å²) < 4.78 is 8.68. The molecule has 0 atom stereocenters. The smallest absolute Gasteiger partial charge is 0.345 e. The summed E-state index contributed by atoms with van der Waals surface area (Å²) in [4.78, 5) is 27.2. The molecule has 0 spiro atoms. The maximum absolute atomic E-state index is 12.8. The summed E-state index contributed by atoms with van der Waals surface area (Å²) in [5.74, 6) is 1.63. The zero-order valence-corrected chi connectivity index (χ0v) is 18.2. The molecular formula is C21H28ClN5O3. The van der Waals surface area contributed by atoms with Gasteiger partial charge in [0.25, 0.3) is 0 Å². The van der Waals surface area contributed by atoms with E-state index < -0.39 is 0 Å². The molecule has 1 aromatic carbocycles. The summed E-state index contributed by atoms with van der Waals surface area (Å²) in [5.41, 5.74) is 0.530. The molecule has 1 aliphatic heterocycles. The van der Waals surface area contributed by atoms with Crippen LogP contribution in [0.1, 0.15) is 56.3 Å². The lowest BCUT2D eigenvalue weighted by Gasteiger charge is -2.32. The Bertz CT molecular complexity index is 972. The van der Waals surface area contributed by atoms with Crippen molar-refractivity contribution < 1.29 is 9.53 Å². The number of amides is 2. The molecule has 2 fully saturated rings. The van der Waals surface area contributed by atoms with Gasteiger partial charge < -0.3 is 15.0 Å². The van der Waals surface area contributed by atoms with Crippen molar-refractivity contribution in [3.63, 3.8) is 0 Å². The molecule has 4 rings (SSSR count). The molecule has 1 saturated carbocycles. The van der Waals surface area contributed by atoms with Crippen LogP contribution in [0.4, 0.5) is 10.5 Å². The molecule has 2 amide bonds. The molecule has 162 valence electrons. The van der Waals surface area contributed by atoms with Gasteiger partial charge in [-0.25, -0.2) is 14.3 Å². The quantitative estimate of drug-likeness (QED) is 0.795. The molecule has 1 saturated heterocycles. The Morgan fingerprint density at radius 3 is 2.57 bits per heavy atom. The Hall–Kier alpha value is -2.48. The highest BCUT2D eigenvalue weighted by Gasteiger charge is 2.31. The van der Waals surface area contributed by atoms with Gasteiger partial charge in [-0.3, -0.25) is 4.57 Å². The second-order valence-corrected chi connectivity index (χ2v) is 8.55. The number of carbonyl (C=O) groups is 1. The Morgan fingerprint density at radius 2 is 1.90 bits per heavy atom. The fourth-order valence-corrected chi connectivity index (χ4v) is 4.77. The lowest BCUT2D eigenvalue weighted by atomic mass is 9.95. The average molecular weight is 434 g/mol. The monoisotopic (exact) mass is 433 g/mol. The van der Waals surface area contributed by atoms with Crippen molar-refractivity contribution in [3.8, 4) is 5.75 Å². The van der Waals surface area contributed by atoms with E-state index in [1.807, 2.05) is 4.57 Å². The SMILES string of the molecule is COc1ccc(Cl)cc1NC(=O)N1CCC(c2nn(C)c(=O)n2C2CCCC2)CC1. The number of nitrogens with zero attached hydrogens (tertiary/aromatic N) is 4. The number of rotatable bonds is 4. The number of benzene rings is 1. The van der Waals surface area contributed by atoms with Crippen LogP contribution in [0, 0.1) is 0 Å². The first kappa shape index (κ1) is 20.8. The molecule has 0 bridgehead atoms. The third kappa shape index (κ3) is 4.05. The second-order valence-electron chi connectivity index (χ2n) is 8.11. The normalized spacial score (nSPS) is 18.0. The van der Waals surface area contributed by atoms with Gasteiger partial charge in [-0.1, -0.05) is 24.4 Å². The molecule has 2 heterocycles. The topological polar surface area (TPSA) is 81.4 Å². The molecule has 8 nitrogen and oxygen atoms in total. The van der Waals surface area contributed by atoms with Gasteiger partial charge in [-0.2, -0.15) is 5.10 Å². The molecule has 2 aliphatic rings. The first-order valence-corrected chi connectivity index (χ1v) is 10.9. The van der Waals surface area contributed by atoms with Crippen LogP contribution >= 0.6 is 11.6 Å². The number of aromatic nitrogens is 3. The molecule has 1 aliphatic carbocycles. The number of carbonyl (C=O) groups excluding carboxylic acids is 1. The van der Waals surface area contributed by atoms with Crippen LogP contribution in [-0.2, 0) is 7.05 Å². The number of likely N-dealkylation sites (tertiary alicyclic amines) is 1. The zero-order chi connectivity index (χ0) is 21.3. The van der Waals surface area contributed by atoms with Gasteiger partial charge in [0.2, 0.25) is 0 Å². The van der Waals surface area contributed by atoms with Gasteiger partial charge in [-0.15, -0.1) is 0 Å². The van der Waals surface area contributed by atoms with Crippen molar-refractivity contribution in [1.82, 2.24) is 19.2 Å². The van der Waals surface area contributed by atoms with Crippen molar-refractivity contribution in [2.24, 2.45) is 7.05 Å². The van der Waals surface area contributed by atoms with Gasteiger partial charge in [0.05, 0.1) is 12.8 Å². The van der Waals surface area contributed by atoms with E-state index in [-0.39, 0.29) is 23.7 Å². The van der Waals surface area contributed by atoms with Crippen LogP contribution in [0.5, 0.6) is 5.75 Å². The molecule has 30 heavy (non-hydrogen) atoms. The van der Waals surface area contributed by atoms with Crippen molar-refractivity contribution in [2.45, 2.75) is 50.5 Å². The lowest BCUT2D eigenvalue weighted by Crippen LogP contribution is -2.41. The lowest BCUT2D eigenvalue weighted by molar-refractivity contribution is 0.192. The molecule has 1 N–H and O–H groups in total. The van der Waals surface area contributed by atoms with Crippen LogP contribution in [0.15, 0.2) is 23.0 Å². The first-order chi connectivity index (χ1) is 14.5. The third-order valence-electron chi connectivity index (χ3n) is 6.22. The van der Waals surface area contributed by atoms with Crippen molar-refractivity contribution in [2.75, 3.05) is 25.5 Å². The van der Waals surface area contributed by atoms with E-state index in [1.54, 1.807) is 37.3 Å². The summed E-state index contributed by atoms with van der Waals surface area (Å²) in [6.07, 6.45) is 5.98. The van der Waals surface area contributed by atoms with E-state index in [0.717, 1.165) is 44.3 Å². The summed E-state index contributed by atoms with van der Waals surface area (Å²) >= 11 is 6.06. The number of methoxy groups -OCH3 is 1. The molecule has 2 aromatic rings. The second kappa shape index (κ2) is 8.71. The summed E-state index contributed by atoms with van der Waals surface area (Å²) in [7, 11) is 3.28. The highest BCUT2D eigenvalue weighted by molar-refractivity contribution is 6.31. The van der Waals surface area contributed by atoms with Gasteiger partial charge in [0.1, 0.15) is 11.6 Å². The number of anilines is 1. The van der Waals surface area contributed by atoms with Crippen molar-refractivity contribution in [3.05, 3.63) is 39.5 Å². The average Bonchev–Trinajstić information content (AvgIpc) is 3.37. The molecular weight excluding hydrogens is 406 g/mol. The van der Waals surface area contributed by atoms with Crippen LogP contribution < -0.4 is 15.7 Å². The minimum atomic E-state index is -0.178. The Labute approximate surface area is 180 Å². The number of aryl methyl sites for hydroxylation is 1. The minimum Gasteiger partial charge on any atom is -0.495 e. The predicted molar refractivity (Wildman–Crippen MR) is 116 cm³/mol. The molecule has 1 aromatic heterocycles. The number of hydrogen-bond donors (Lipinski definition) is 1. The summed E-state index contributed by atoms with van der Waals surface area (Å²) in [6.45, 7) is 1.21. The Morgan fingerprint density at radius 1 is 1.20 bits per heavy atom. The number of nitrogens with one attached hydrogen (secondary N) is 1. The number of urea groups is 1. The maximum Gasteiger partial charge on any atom is 0.345 e. The highest BCUT2D eigenvalue weighted by Crippen LogP contribution is 2.34.